The van der Waals surface area contributed by atoms with Gasteiger partial charge in [0.05, 0.1) is 0 Å². The third-order valence-electron chi connectivity index (χ3n) is 4.06. The molecular formula is C21H24FN3O4. The van der Waals surface area contributed by atoms with E-state index in [0.717, 1.165) is 5.56 Å². The van der Waals surface area contributed by atoms with Gasteiger partial charge in [-0.05, 0) is 49.2 Å². The Morgan fingerprint density at radius 1 is 0.966 bits per heavy atom. The van der Waals surface area contributed by atoms with Crippen LogP contribution in [0.1, 0.15) is 29.8 Å². The summed E-state index contributed by atoms with van der Waals surface area (Å²) in [6.07, 6.45) is 0. The van der Waals surface area contributed by atoms with Crippen LogP contribution in [0.2, 0.25) is 0 Å². The Bertz CT molecular complexity index is 851. The first-order chi connectivity index (χ1) is 13.8. The fourth-order valence-electron chi connectivity index (χ4n) is 2.39. The zero-order valence-electron chi connectivity index (χ0n) is 16.5. The van der Waals surface area contributed by atoms with Gasteiger partial charge in [0.1, 0.15) is 17.6 Å². The third kappa shape index (κ3) is 6.91. The highest BCUT2D eigenvalue weighted by atomic mass is 19.1. The SMILES string of the molecule is Cc1ccc(C(=O)NC(C(=O)NNC(=O)COc2ccc(F)cc2)C(C)C)cc1. The number of hydrazine groups is 1. The van der Waals surface area contributed by atoms with Crippen molar-refractivity contribution in [3.63, 3.8) is 0 Å². The van der Waals surface area contributed by atoms with Crippen LogP contribution in [0, 0.1) is 18.7 Å². The molecule has 0 aliphatic rings. The summed E-state index contributed by atoms with van der Waals surface area (Å²) >= 11 is 0. The van der Waals surface area contributed by atoms with Crippen LogP contribution in [-0.4, -0.2) is 30.4 Å². The van der Waals surface area contributed by atoms with Crippen LogP contribution in [-0.2, 0) is 9.59 Å². The fourth-order valence-corrected chi connectivity index (χ4v) is 2.39. The van der Waals surface area contributed by atoms with Gasteiger partial charge in [-0.3, -0.25) is 25.2 Å². The van der Waals surface area contributed by atoms with Crippen LogP contribution in [0.3, 0.4) is 0 Å². The average Bonchev–Trinajstić information content (AvgIpc) is 2.69. The summed E-state index contributed by atoms with van der Waals surface area (Å²) in [5.74, 6) is -1.85. The van der Waals surface area contributed by atoms with Crippen molar-refractivity contribution >= 4 is 17.7 Å². The van der Waals surface area contributed by atoms with Crippen molar-refractivity contribution in [1.82, 2.24) is 16.2 Å². The molecule has 2 aromatic carbocycles. The van der Waals surface area contributed by atoms with Gasteiger partial charge in [0, 0.05) is 5.56 Å². The van der Waals surface area contributed by atoms with E-state index in [9.17, 15) is 18.8 Å². The maximum atomic E-state index is 12.8. The second kappa shape index (κ2) is 10.2. The Balaban J connectivity index is 1.85. The molecule has 2 rings (SSSR count). The number of rotatable bonds is 7. The minimum atomic E-state index is -0.845. The first-order valence-corrected chi connectivity index (χ1v) is 9.11. The zero-order chi connectivity index (χ0) is 21.4. The van der Waals surface area contributed by atoms with Gasteiger partial charge in [-0.25, -0.2) is 4.39 Å². The molecule has 0 saturated heterocycles. The van der Waals surface area contributed by atoms with Crippen LogP contribution in [0.15, 0.2) is 48.5 Å². The van der Waals surface area contributed by atoms with Gasteiger partial charge in [-0.15, -0.1) is 0 Å². The van der Waals surface area contributed by atoms with Crippen molar-refractivity contribution < 1.29 is 23.5 Å². The molecule has 2 aromatic rings. The molecule has 29 heavy (non-hydrogen) atoms. The first-order valence-electron chi connectivity index (χ1n) is 9.11. The van der Waals surface area contributed by atoms with E-state index in [4.69, 9.17) is 4.74 Å². The van der Waals surface area contributed by atoms with Crippen LogP contribution < -0.4 is 20.9 Å². The lowest BCUT2D eigenvalue weighted by molar-refractivity contribution is -0.131. The largest absolute Gasteiger partial charge is 0.484 e. The van der Waals surface area contributed by atoms with Crippen molar-refractivity contribution in [1.29, 1.82) is 0 Å². The van der Waals surface area contributed by atoms with E-state index in [1.807, 2.05) is 6.92 Å². The Morgan fingerprint density at radius 2 is 1.59 bits per heavy atom. The highest BCUT2D eigenvalue weighted by Crippen LogP contribution is 2.10. The number of aryl methyl sites for hydroxylation is 1. The zero-order valence-corrected chi connectivity index (χ0v) is 16.5. The molecule has 0 bridgehead atoms. The molecule has 0 radical (unpaired) electrons. The van der Waals surface area contributed by atoms with Crippen molar-refractivity contribution in [2.45, 2.75) is 26.8 Å². The fraction of sp³-hybridized carbons (Fsp3) is 0.286. The van der Waals surface area contributed by atoms with Crippen LogP contribution in [0.25, 0.3) is 0 Å². The number of hydrogen-bond acceptors (Lipinski definition) is 4. The van der Waals surface area contributed by atoms with Crippen molar-refractivity contribution in [2.75, 3.05) is 6.61 Å². The summed E-state index contributed by atoms with van der Waals surface area (Å²) in [6.45, 7) is 5.10. The summed E-state index contributed by atoms with van der Waals surface area (Å²) in [5, 5.41) is 2.67. The summed E-state index contributed by atoms with van der Waals surface area (Å²) in [6, 6.07) is 11.3. The Kier molecular flexibility index (Phi) is 7.70. The van der Waals surface area contributed by atoms with Crippen molar-refractivity contribution in [3.05, 3.63) is 65.5 Å². The Labute approximate surface area is 168 Å². The normalized spacial score (nSPS) is 11.5. The summed E-state index contributed by atoms with van der Waals surface area (Å²) < 4.78 is 18.0. The number of hydrogen-bond donors (Lipinski definition) is 3. The molecule has 0 fully saturated rings. The molecule has 0 aliphatic carbocycles. The molecule has 0 aliphatic heterocycles. The van der Waals surface area contributed by atoms with E-state index in [-0.39, 0.29) is 18.4 Å². The highest BCUT2D eigenvalue weighted by Gasteiger charge is 2.25. The first kappa shape index (κ1) is 21.9. The predicted octanol–water partition coefficient (Wildman–Crippen LogP) is 2.11. The highest BCUT2D eigenvalue weighted by molar-refractivity contribution is 5.97. The molecular weight excluding hydrogens is 377 g/mol. The van der Waals surface area contributed by atoms with Gasteiger partial charge in [-0.1, -0.05) is 31.5 Å². The molecule has 0 spiro atoms. The van der Waals surface area contributed by atoms with Crippen LogP contribution in [0.5, 0.6) is 5.75 Å². The number of carbonyl (C=O) groups is 3. The molecule has 7 nitrogen and oxygen atoms in total. The predicted molar refractivity (Wildman–Crippen MR) is 105 cm³/mol. The monoisotopic (exact) mass is 401 g/mol. The molecule has 8 heteroatoms. The molecule has 0 saturated carbocycles. The Hall–Kier alpha value is -3.42. The minimum Gasteiger partial charge on any atom is -0.484 e. The second-order valence-electron chi connectivity index (χ2n) is 6.84. The van der Waals surface area contributed by atoms with Crippen molar-refractivity contribution in [2.24, 2.45) is 5.92 Å². The summed E-state index contributed by atoms with van der Waals surface area (Å²) in [5.41, 5.74) is 5.97. The standard InChI is InChI=1S/C21H24FN3O4/c1-13(2)19(23-20(27)15-6-4-14(3)5-7-15)21(28)25-24-18(26)12-29-17-10-8-16(22)9-11-17/h4-11,13,19H,12H2,1-3H3,(H,23,27)(H,24,26)(H,25,28). The van der Waals surface area contributed by atoms with Gasteiger partial charge >= 0.3 is 0 Å². The number of ether oxygens (including phenoxy) is 1. The van der Waals surface area contributed by atoms with Gasteiger partial charge in [-0.2, -0.15) is 0 Å². The van der Waals surface area contributed by atoms with E-state index >= 15 is 0 Å². The van der Waals surface area contributed by atoms with E-state index in [1.165, 1.54) is 24.3 Å². The van der Waals surface area contributed by atoms with Crippen molar-refractivity contribution in [3.8, 4) is 5.75 Å². The summed E-state index contributed by atoms with van der Waals surface area (Å²) in [4.78, 5) is 36.6. The van der Waals surface area contributed by atoms with Crippen LogP contribution in [0.4, 0.5) is 4.39 Å². The second-order valence-corrected chi connectivity index (χ2v) is 6.84. The van der Waals surface area contributed by atoms with E-state index in [2.05, 4.69) is 16.2 Å². The number of halogens is 1. The molecule has 3 N–H and O–H groups in total. The lowest BCUT2D eigenvalue weighted by Crippen LogP contribution is -2.55. The molecule has 0 heterocycles. The Morgan fingerprint density at radius 3 is 2.17 bits per heavy atom. The summed E-state index contributed by atoms with van der Waals surface area (Å²) in [7, 11) is 0. The van der Waals surface area contributed by atoms with Gasteiger partial charge in [0.15, 0.2) is 6.61 Å². The minimum absolute atomic E-state index is 0.211. The number of benzene rings is 2. The lowest BCUT2D eigenvalue weighted by atomic mass is 10.0. The van der Waals surface area contributed by atoms with E-state index in [1.54, 1.807) is 38.1 Å². The molecule has 1 atom stereocenters. The molecule has 154 valence electrons. The maximum Gasteiger partial charge on any atom is 0.276 e. The van der Waals surface area contributed by atoms with E-state index < -0.39 is 23.7 Å². The third-order valence-corrected chi connectivity index (χ3v) is 4.06. The van der Waals surface area contributed by atoms with Gasteiger partial charge < -0.3 is 10.1 Å². The van der Waals surface area contributed by atoms with Crippen LogP contribution >= 0.6 is 0 Å². The number of nitrogens with one attached hydrogen (secondary N) is 3. The maximum absolute atomic E-state index is 12.8. The van der Waals surface area contributed by atoms with Gasteiger partial charge in [0.2, 0.25) is 0 Å². The quantitative estimate of drug-likeness (QED) is 0.619. The molecule has 1 unspecified atom stereocenters. The van der Waals surface area contributed by atoms with Gasteiger partial charge in [0.25, 0.3) is 17.7 Å². The topological polar surface area (TPSA) is 96.5 Å². The smallest absolute Gasteiger partial charge is 0.276 e. The average molecular weight is 401 g/mol. The van der Waals surface area contributed by atoms with E-state index in [0.29, 0.717) is 11.3 Å². The number of carbonyl (C=O) groups excluding carboxylic acids is 3. The molecule has 3 amide bonds. The lowest BCUT2D eigenvalue weighted by Gasteiger charge is -2.22. The number of amides is 3. The molecule has 0 aromatic heterocycles.